The number of methoxy groups -OCH3 is 1. The van der Waals surface area contributed by atoms with Crippen molar-refractivity contribution in [3.8, 4) is 11.1 Å². The number of ether oxygens (including phenoxy) is 2. The van der Waals surface area contributed by atoms with Crippen molar-refractivity contribution in [3.63, 3.8) is 0 Å². The van der Waals surface area contributed by atoms with E-state index in [4.69, 9.17) is 14.6 Å². The van der Waals surface area contributed by atoms with Crippen LogP contribution < -0.4 is 10.6 Å². The summed E-state index contributed by atoms with van der Waals surface area (Å²) in [6, 6.07) is 15.9. The fourth-order valence-corrected chi connectivity index (χ4v) is 4.08. The lowest BCUT2D eigenvalue weighted by Gasteiger charge is -2.21. The molecular weight excluding hydrogens is 424 g/mol. The molecule has 2 aromatic rings. The largest absolute Gasteiger partial charge is 0.481 e. The van der Waals surface area contributed by atoms with Gasteiger partial charge in [0.15, 0.2) is 6.10 Å². The molecule has 0 heterocycles. The van der Waals surface area contributed by atoms with Gasteiger partial charge in [0.2, 0.25) is 0 Å². The third-order valence-corrected chi connectivity index (χ3v) is 5.90. The molecular formula is C25H30N2O6. The maximum Gasteiger partial charge on any atom is 0.407 e. The Labute approximate surface area is 193 Å². The van der Waals surface area contributed by atoms with Crippen LogP contribution in [0.5, 0.6) is 0 Å². The highest BCUT2D eigenvalue weighted by molar-refractivity contribution is 5.82. The van der Waals surface area contributed by atoms with Crippen LogP contribution in [0.4, 0.5) is 4.79 Å². The first-order valence-electron chi connectivity index (χ1n) is 11.1. The highest BCUT2D eigenvalue weighted by Gasteiger charge is 2.29. The zero-order chi connectivity index (χ0) is 23.8. The van der Waals surface area contributed by atoms with Crippen LogP contribution in [0.2, 0.25) is 0 Å². The van der Waals surface area contributed by atoms with E-state index in [1.165, 1.54) is 7.11 Å². The number of carbonyl (C=O) groups excluding carboxylic acids is 2. The average molecular weight is 455 g/mol. The van der Waals surface area contributed by atoms with E-state index in [1.54, 1.807) is 0 Å². The molecule has 2 amide bonds. The number of nitrogens with one attached hydrogen (secondary N) is 2. The van der Waals surface area contributed by atoms with Gasteiger partial charge in [0.05, 0.1) is 6.54 Å². The highest BCUT2D eigenvalue weighted by Crippen LogP contribution is 2.44. The van der Waals surface area contributed by atoms with Crippen LogP contribution in [0.15, 0.2) is 48.5 Å². The number of hydrogen-bond acceptors (Lipinski definition) is 5. The standard InChI is InChI=1S/C25H30N2O6/c1-3-16(12-13-23(28)29)27-24(30)22(32-2)14-26-25(31)33-15-21-19-10-6-4-8-17(19)18-9-5-7-11-20(18)21/h4-11,16,21-22H,3,12-15H2,1-2H3,(H,26,31)(H,27,30)(H,28,29). The van der Waals surface area contributed by atoms with E-state index in [9.17, 15) is 14.4 Å². The van der Waals surface area contributed by atoms with Gasteiger partial charge in [0.1, 0.15) is 6.61 Å². The monoisotopic (exact) mass is 454 g/mol. The number of fused-ring (bicyclic) bond motifs is 3. The summed E-state index contributed by atoms with van der Waals surface area (Å²) in [5.74, 6) is -1.37. The topological polar surface area (TPSA) is 114 Å². The number of carbonyl (C=O) groups is 3. The van der Waals surface area contributed by atoms with E-state index < -0.39 is 24.1 Å². The number of amides is 2. The summed E-state index contributed by atoms with van der Waals surface area (Å²) in [6.07, 6.45) is -0.661. The van der Waals surface area contributed by atoms with Crippen molar-refractivity contribution < 1.29 is 29.0 Å². The average Bonchev–Trinajstić information content (AvgIpc) is 3.14. The molecule has 0 saturated carbocycles. The van der Waals surface area contributed by atoms with Crippen LogP contribution in [-0.2, 0) is 19.1 Å². The molecule has 1 aliphatic rings. The van der Waals surface area contributed by atoms with Crippen LogP contribution in [0.1, 0.15) is 43.2 Å². The summed E-state index contributed by atoms with van der Waals surface area (Å²) < 4.78 is 10.7. The van der Waals surface area contributed by atoms with Crippen molar-refractivity contribution in [2.75, 3.05) is 20.3 Å². The smallest absolute Gasteiger partial charge is 0.407 e. The van der Waals surface area contributed by atoms with Crippen LogP contribution >= 0.6 is 0 Å². The number of carboxylic acid groups (broad SMARTS) is 1. The van der Waals surface area contributed by atoms with E-state index in [0.29, 0.717) is 12.8 Å². The molecule has 0 aliphatic heterocycles. The Morgan fingerprint density at radius 3 is 2.18 bits per heavy atom. The molecule has 2 unspecified atom stereocenters. The molecule has 0 bridgehead atoms. The quantitative estimate of drug-likeness (QED) is 0.480. The zero-order valence-corrected chi connectivity index (χ0v) is 18.9. The number of alkyl carbamates (subject to hydrolysis) is 1. The fourth-order valence-electron chi connectivity index (χ4n) is 4.08. The molecule has 0 aromatic heterocycles. The minimum atomic E-state index is -0.914. The molecule has 2 atom stereocenters. The lowest BCUT2D eigenvalue weighted by atomic mass is 9.98. The maximum absolute atomic E-state index is 12.5. The van der Waals surface area contributed by atoms with E-state index >= 15 is 0 Å². The second kappa shape index (κ2) is 11.5. The van der Waals surface area contributed by atoms with Crippen molar-refractivity contribution in [3.05, 3.63) is 59.7 Å². The van der Waals surface area contributed by atoms with E-state index in [-0.39, 0.29) is 31.5 Å². The predicted molar refractivity (Wildman–Crippen MR) is 123 cm³/mol. The number of carboxylic acids is 1. The fraction of sp³-hybridized carbons (Fsp3) is 0.400. The van der Waals surface area contributed by atoms with Crippen molar-refractivity contribution in [2.45, 2.75) is 44.2 Å². The third kappa shape index (κ3) is 6.10. The van der Waals surface area contributed by atoms with Gasteiger partial charge in [0, 0.05) is 25.5 Å². The van der Waals surface area contributed by atoms with Crippen molar-refractivity contribution >= 4 is 18.0 Å². The molecule has 33 heavy (non-hydrogen) atoms. The van der Waals surface area contributed by atoms with Gasteiger partial charge in [-0.2, -0.15) is 0 Å². The lowest BCUT2D eigenvalue weighted by Crippen LogP contribution is -2.47. The Hall–Kier alpha value is -3.39. The summed E-state index contributed by atoms with van der Waals surface area (Å²) in [5, 5.41) is 14.2. The lowest BCUT2D eigenvalue weighted by molar-refractivity contribution is -0.138. The molecule has 176 valence electrons. The number of rotatable bonds is 11. The maximum atomic E-state index is 12.5. The third-order valence-electron chi connectivity index (χ3n) is 5.90. The van der Waals surface area contributed by atoms with E-state index in [1.807, 2.05) is 43.3 Å². The normalized spacial score (nSPS) is 14.0. The molecule has 3 N–H and O–H groups in total. The molecule has 8 nitrogen and oxygen atoms in total. The predicted octanol–water partition coefficient (Wildman–Crippen LogP) is 3.30. The van der Waals surface area contributed by atoms with Gasteiger partial charge in [0.25, 0.3) is 5.91 Å². The van der Waals surface area contributed by atoms with Gasteiger partial charge in [-0.25, -0.2) is 4.79 Å². The summed E-state index contributed by atoms with van der Waals surface area (Å²) in [4.78, 5) is 35.6. The van der Waals surface area contributed by atoms with Gasteiger partial charge in [-0.15, -0.1) is 0 Å². The molecule has 2 aromatic carbocycles. The Morgan fingerprint density at radius 1 is 1.03 bits per heavy atom. The number of hydrogen-bond donors (Lipinski definition) is 3. The second-order valence-electron chi connectivity index (χ2n) is 7.98. The summed E-state index contributed by atoms with van der Waals surface area (Å²) in [6.45, 7) is 1.98. The SMILES string of the molecule is CCC(CCC(=O)O)NC(=O)C(CNC(=O)OCC1c2ccccc2-c2ccccc21)OC. The van der Waals surface area contributed by atoms with Gasteiger partial charge in [-0.3, -0.25) is 9.59 Å². The first-order valence-corrected chi connectivity index (χ1v) is 11.1. The van der Waals surface area contributed by atoms with Crippen LogP contribution in [0.25, 0.3) is 11.1 Å². The Kier molecular flexibility index (Phi) is 8.43. The minimum Gasteiger partial charge on any atom is -0.481 e. The molecule has 0 fully saturated rings. The second-order valence-corrected chi connectivity index (χ2v) is 7.98. The van der Waals surface area contributed by atoms with Crippen LogP contribution in [0.3, 0.4) is 0 Å². The van der Waals surface area contributed by atoms with Crippen molar-refractivity contribution in [2.24, 2.45) is 0 Å². The highest BCUT2D eigenvalue weighted by atomic mass is 16.5. The Bertz CT molecular complexity index is 947. The summed E-state index contributed by atoms with van der Waals surface area (Å²) in [7, 11) is 1.38. The first-order chi connectivity index (χ1) is 15.9. The molecule has 1 aliphatic carbocycles. The van der Waals surface area contributed by atoms with Gasteiger partial charge >= 0.3 is 12.1 Å². The Morgan fingerprint density at radius 2 is 1.64 bits per heavy atom. The van der Waals surface area contributed by atoms with Gasteiger partial charge in [-0.05, 0) is 35.1 Å². The van der Waals surface area contributed by atoms with Crippen LogP contribution in [-0.4, -0.2) is 55.5 Å². The van der Waals surface area contributed by atoms with Crippen molar-refractivity contribution in [1.29, 1.82) is 0 Å². The number of aliphatic carboxylic acids is 1. The molecule has 3 rings (SSSR count). The zero-order valence-electron chi connectivity index (χ0n) is 18.9. The summed E-state index contributed by atoms with van der Waals surface area (Å²) in [5.41, 5.74) is 4.53. The molecule has 0 radical (unpaired) electrons. The minimum absolute atomic E-state index is 0.0333. The molecule has 0 spiro atoms. The number of benzene rings is 2. The molecule has 0 saturated heterocycles. The summed E-state index contributed by atoms with van der Waals surface area (Å²) >= 11 is 0. The van der Waals surface area contributed by atoms with Crippen molar-refractivity contribution in [1.82, 2.24) is 10.6 Å². The van der Waals surface area contributed by atoms with E-state index in [2.05, 4.69) is 22.8 Å². The Balaban J connectivity index is 1.51. The van der Waals surface area contributed by atoms with Gasteiger partial charge < -0.3 is 25.2 Å². The first kappa shape index (κ1) is 24.3. The molecule has 8 heteroatoms. The van der Waals surface area contributed by atoms with E-state index in [0.717, 1.165) is 22.3 Å². The van der Waals surface area contributed by atoms with Crippen LogP contribution in [0, 0.1) is 0 Å². The van der Waals surface area contributed by atoms with Gasteiger partial charge in [-0.1, -0.05) is 55.5 Å².